The molecular weight excluding hydrogens is 674 g/mol. The average molecular weight is 746 g/mol. The molecule has 1 saturated heterocycles. The first-order valence-corrected chi connectivity index (χ1v) is 19.5. The third-order valence-corrected chi connectivity index (χ3v) is 11.3. The molecule has 0 spiro atoms. The zero-order valence-corrected chi connectivity index (χ0v) is 34.8. The molecule has 1 aromatic carbocycles. The number of nitrogens with zero attached hydrogens (tertiary/aromatic N) is 3. The highest BCUT2D eigenvalue weighted by Crippen LogP contribution is 2.30. The van der Waals surface area contributed by atoms with Crippen LogP contribution in [0.1, 0.15) is 92.7 Å². The lowest BCUT2D eigenvalue weighted by molar-refractivity contribution is -0.148. The van der Waals surface area contributed by atoms with Crippen LogP contribution in [0.3, 0.4) is 0 Å². The van der Waals surface area contributed by atoms with Crippen molar-refractivity contribution in [3.05, 3.63) is 35.9 Å². The maximum Gasteiger partial charge on any atom is 0.237 e. The van der Waals surface area contributed by atoms with E-state index in [2.05, 4.69) is 24.5 Å². The highest BCUT2D eigenvalue weighted by Gasteiger charge is 2.43. The third-order valence-electron chi connectivity index (χ3n) is 11.3. The molecule has 1 fully saturated rings. The molecule has 1 heterocycles. The van der Waals surface area contributed by atoms with Crippen LogP contribution in [0.2, 0.25) is 0 Å². The summed E-state index contributed by atoms with van der Waals surface area (Å²) in [5.74, 6) is -1.57. The number of rotatable bonds is 21. The van der Waals surface area contributed by atoms with E-state index in [0.717, 1.165) is 12.8 Å². The summed E-state index contributed by atoms with van der Waals surface area (Å²) in [6, 6.07) is 7.63. The Balaban J connectivity index is 2.22. The molecule has 0 aromatic heterocycles. The van der Waals surface area contributed by atoms with Crippen LogP contribution in [-0.2, 0) is 28.7 Å². The second kappa shape index (κ2) is 21.7. The fourth-order valence-corrected chi connectivity index (χ4v) is 8.00. The number of nitrogens with one attached hydrogen (secondary N) is 2. The summed E-state index contributed by atoms with van der Waals surface area (Å²) in [4.78, 5) is 60.5. The topological polar surface area (TPSA) is 141 Å². The Morgan fingerprint density at radius 1 is 0.925 bits per heavy atom. The van der Waals surface area contributed by atoms with E-state index < -0.39 is 42.2 Å². The van der Waals surface area contributed by atoms with Gasteiger partial charge in [0.1, 0.15) is 0 Å². The van der Waals surface area contributed by atoms with Crippen molar-refractivity contribution in [3.63, 3.8) is 0 Å². The number of hydrogen-bond acceptors (Lipinski definition) is 8. The van der Waals surface area contributed by atoms with Crippen molar-refractivity contribution in [3.8, 4) is 0 Å². The average Bonchev–Trinajstić information content (AvgIpc) is 3.60. The van der Waals surface area contributed by atoms with Crippen LogP contribution < -0.4 is 10.6 Å². The molecule has 1 aliphatic heterocycles. The van der Waals surface area contributed by atoms with E-state index in [0.29, 0.717) is 18.5 Å². The Bertz CT molecular complexity index is 1290. The Morgan fingerprint density at radius 3 is 2.06 bits per heavy atom. The lowest BCUT2D eigenvalue weighted by atomic mass is 9.87. The summed E-state index contributed by atoms with van der Waals surface area (Å²) in [6.45, 7) is 16.4. The quantitative estimate of drug-likeness (QED) is 0.171. The van der Waals surface area contributed by atoms with Gasteiger partial charge in [0.05, 0.1) is 60.7 Å². The number of aliphatic hydroxyl groups excluding tert-OH is 1. The monoisotopic (exact) mass is 746 g/mol. The Hall–Kier alpha value is -3.06. The molecular formula is C41H71N5O7. The highest BCUT2D eigenvalue weighted by molar-refractivity contribution is 5.84. The van der Waals surface area contributed by atoms with Crippen molar-refractivity contribution >= 4 is 23.6 Å². The lowest BCUT2D eigenvalue weighted by Crippen LogP contribution is -2.55. The molecule has 2 unspecified atom stereocenters. The number of likely N-dealkylation sites (N-methyl/N-ethyl adjacent to an activating group) is 2. The maximum atomic E-state index is 14.2. The Kier molecular flexibility index (Phi) is 18.9. The minimum Gasteiger partial charge on any atom is -0.386 e. The number of methoxy groups -OCH3 is 2. The summed E-state index contributed by atoms with van der Waals surface area (Å²) in [7, 11) is 8.68. The molecule has 302 valence electrons. The molecule has 0 bridgehead atoms. The normalized spacial score (nSPS) is 19.9. The molecule has 0 aliphatic carbocycles. The van der Waals surface area contributed by atoms with Crippen LogP contribution >= 0.6 is 0 Å². The van der Waals surface area contributed by atoms with Crippen molar-refractivity contribution in [1.82, 2.24) is 25.3 Å². The van der Waals surface area contributed by atoms with Gasteiger partial charge in [0.25, 0.3) is 0 Å². The number of benzene rings is 1. The number of ether oxygens (including phenoxy) is 2. The van der Waals surface area contributed by atoms with E-state index in [9.17, 15) is 24.3 Å². The van der Waals surface area contributed by atoms with Gasteiger partial charge >= 0.3 is 0 Å². The number of aliphatic hydroxyl groups is 1. The van der Waals surface area contributed by atoms with Gasteiger partial charge in [-0.1, -0.05) is 85.2 Å². The van der Waals surface area contributed by atoms with Crippen LogP contribution in [0.4, 0.5) is 0 Å². The van der Waals surface area contributed by atoms with Gasteiger partial charge in [-0.3, -0.25) is 24.1 Å². The second-order valence-electron chi connectivity index (χ2n) is 16.0. The van der Waals surface area contributed by atoms with Crippen molar-refractivity contribution in [2.75, 3.05) is 48.5 Å². The van der Waals surface area contributed by atoms with Crippen LogP contribution in [0.25, 0.3) is 0 Å². The van der Waals surface area contributed by atoms with E-state index in [1.165, 1.54) is 0 Å². The smallest absolute Gasteiger partial charge is 0.237 e. The summed E-state index contributed by atoms with van der Waals surface area (Å²) < 4.78 is 12.0. The van der Waals surface area contributed by atoms with E-state index in [1.54, 1.807) is 40.0 Å². The number of likely N-dealkylation sites (tertiary alicyclic amines) is 1. The number of carbonyl (C=O) groups excluding carboxylic acids is 4. The minimum absolute atomic E-state index is 0.0150. The van der Waals surface area contributed by atoms with Gasteiger partial charge in [0, 0.05) is 34.4 Å². The lowest BCUT2D eigenvalue weighted by Gasteiger charge is -2.41. The molecule has 12 heteroatoms. The molecule has 2 rings (SSSR count). The van der Waals surface area contributed by atoms with Crippen LogP contribution in [-0.4, -0.2) is 128 Å². The molecule has 0 radical (unpaired) electrons. The predicted molar refractivity (Wildman–Crippen MR) is 209 cm³/mol. The van der Waals surface area contributed by atoms with Gasteiger partial charge in [-0.05, 0) is 57.2 Å². The zero-order valence-electron chi connectivity index (χ0n) is 34.8. The Morgan fingerprint density at radius 2 is 1.55 bits per heavy atom. The van der Waals surface area contributed by atoms with E-state index in [-0.39, 0.29) is 66.4 Å². The number of carbonyl (C=O) groups is 4. The molecule has 4 amide bonds. The first-order valence-electron chi connectivity index (χ1n) is 19.5. The van der Waals surface area contributed by atoms with E-state index >= 15 is 0 Å². The number of hydrogen-bond donors (Lipinski definition) is 3. The fourth-order valence-electron chi connectivity index (χ4n) is 8.00. The van der Waals surface area contributed by atoms with Crippen molar-refractivity contribution in [1.29, 1.82) is 0 Å². The zero-order chi connectivity index (χ0) is 40.2. The Labute approximate surface area is 319 Å². The molecule has 0 saturated carbocycles. The third kappa shape index (κ3) is 12.2. The first-order chi connectivity index (χ1) is 24.9. The van der Waals surface area contributed by atoms with Gasteiger partial charge in [0.15, 0.2) is 0 Å². The van der Waals surface area contributed by atoms with Crippen molar-refractivity contribution in [2.45, 2.75) is 124 Å². The molecule has 3 N–H and O–H groups in total. The predicted octanol–water partition coefficient (Wildman–Crippen LogP) is 4.12. The molecule has 1 aliphatic rings. The standard InChI is InChI=1S/C41H71N5O7/c1-14-27(6)36(45(11)41(51)31(25(2)3)24-42-40(50)35(26(4)5)44(9)10)33(52-12)23-34(47)46-22-18-21-32(46)38(53-13)28(7)39(49)43-29(8)37(48)30-19-16-15-17-20-30/h15-17,19-20,25-29,31-33,35-38,48H,14,18,21-24H2,1-13H3,(H,42,50)(H,43,49)/t27-,28+,29+,31-,32-,33+,35-,36?,37+,38?/m0/s1. The molecule has 12 nitrogen and oxygen atoms in total. The summed E-state index contributed by atoms with van der Waals surface area (Å²) in [5, 5.41) is 16.8. The maximum absolute atomic E-state index is 14.2. The van der Waals surface area contributed by atoms with Gasteiger partial charge in [0.2, 0.25) is 23.6 Å². The van der Waals surface area contributed by atoms with Crippen LogP contribution in [0.5, 0.6) is 0 Å². The van der Waals surface area contributed by atoms with E-state index in [4.69, 9.17) is 9.47 Å². The van der Waals surface area contributed by atoms with Gasteiger partial charge in [-0.25, -0.2) is 0 Å². The van der Waals surface area contributed by atoms with Gasteiger partial charge in [-0.15, -0.1) is 0 Å². The SMILES string of the molecule is CC[C@H](C)C([C@@H](CC(=O)N1CCC[C@H]1C(OC)[C@@H](C)C(=O)N[C@H](C)[C@@H](O)c1ccccc1)OC)N(C)C(=O)[C@@H](CNC(=O)[C@H](C(C)C)N(C)C)C(C)C. The summed E-state index contributed by atoms with van der Waals surface area (Å²) >= 11 is 0. The summed E-state index contributed by atoms with van der Waals surface area (Å²) in [6.07, 6.45) is 0.245. The highest BCUT2D eigenvalue weighted by atomic mass is 16.5. The molecule has 1 aromatic rings. The fraction of sp³-hybridized carbons (Fsp3) is 0.756. The second-order valence-corrected chi connectivity index (χ2v) is 16.0. The van der Waals surface area contributed by atoms with Crippen molar-refractivity contribution in [2.24, 2.45) is 29.6 Å². The first kappa shape index (κ1) is 46.1. The minimum atomic E-state index is -0.873. The largest absolute Gasteiger partial charge is 0.386 e. The molecule has 53 heavy (non-hydrogen) atoms. The summed E-state index contributed by atoms with van der Waals surface area (Å²) in [5.41, 5.74) is 0.714. The van der Waals surface area contributed by atoms with Gasteiger partial charge in [-0.2, -0.15) is 0 Å². The van der Waals surface area contributed by atoms with Gasteiger partial charge < -0.3 is 35.0 Å². The van der Waals surface area contributed by atoms with Crippen LogP contribution in [0, 0.1) is 29.6 Å². The number of amides is 4. The van der Waals surface area contributed by atoms with Crippen LogP contribution in [0.15, 0.2) is 30.3 Å². The van der Waals surface area contributed by atoms with E-state index in [1.807, 2.05) is 81.9 Å². The molecule has 10 atom stereocenters. The van der Waals surface area contributed by atoms with Crippen molar-refractivity contribution < 1.29 is 33.8 Å².